The molecule has 2 N–H and O–H groups in total. The molecule has 3 aromatic rings. The van der Waals surface area contributed by atoms with E-state index in [0.717, 1.165) is 37.8 Å². The first kappa shape index (κ1) is 28.4. The first-order valence-electron chi connectivity index (χ1n) is 16.1. The highest BCUT2D eigenvalue weighted by Crippen LogP contribution is 2.48. The van der Waals surface area contributed by atoms with E-state index < -0.39 is 8.07 Å². The van der Waals surface area contributed by atoms with Crippen molar-refractivity contribution in [3.8, 4) is 11.1 Å². The summed E-state index contributed by atoms with van der Waals surface area (Å²) in [5.41, 5.74) is 6.42. The van der Waals surface area contributed by atoms with Gasteiger partial charge in [-0.1, -0.05) is 133 Å². The second-order valence-electron chi connectivity index (χ2n) is 12.3. The number of hydrogen-bond acceptors (Lipinski definition) is 3. The van der Waals surface area contributed by atoms with E-state index in [9.17, 15) is 0 Å². The van der Waals surface area contributed by atoms with Gasteiger partial charge >= 0.3 is 0 Å². The molecule has 4 heteroatoms. The van der Waals surface area contributed by atoms with Gasteiger partial charge in [-0.2, -0.15) is 0 Å². The quantitative estimate of drug-likeness (QED) is 0.160. The monoisotopic (exact) mass is 591 g/mol. The molecule has 4 aliphatic rings. The maximum atomic E-state index is 8.49. The van der Waals surface area contributed by atoms with Crippen LogP contribution in [-0.4, -0.2) is 32.3 Å². The zero-order chi connectivity index (χ0) is 29.9. The van der Waals surface area contributed by atoms with Crippen molar-refractivity contribution in [1.82, 2.24) is 10.2 Å². The Hall–Kier alpha value is -4.41. The largest absolute Gasteiger partial charge is 0.389 e. The fraction of sp³-hybridized carbons (Fsp3) is 0.225. The molecule has 0 saturated heterocycles. The second-order valence-corrected chi connectivity index (χ2v) is 16.4. The third kappa shape index (κ3) is 4.78. The highest BCUT2D eigenvalue weighted by Gasteiger charge is 2.52. The van der Waals surface area contributed by atoms with Crippen LogP contribution < -0.4 is 15.7 Å². The summed E-state index contributed by atoms with van der Waals surface area (Å²) in [6, 6.07) is 32.0. The molecule has 0 radical (unpaired) electrons. The Morgan fingerprint density at radius 2 is 1.43 bits per heavy atom. The van der Waals surface area contributed by atoms with Crippen LogP contribution in [0.25, 0.3) is 11.1 Å². The minimum absolute atomic E-state index is 0.253. The minimum Gasteiger partial charge on any atom is -0.389 e. The van der Waals surface area contributed by atoms with Crippen molar-refractivity contribution in [2.24, 2.45) is 5.92 Å². The van der Waals surface area contributed by atoms with Gasteiger partial charge in [0.05, 0.1) is 5.70 Å². The SMILES string of the molecule is CNC1=C(C=N)N(C2=CC=CCC2)C2CC([Si](C3=CC=CCC3)(c3ccccc3)c3ccc(-c4ccccc4)cc3)C=CC12. The predicted molar refractivity (Wildman–Crippen MR) is 188 cm³/mol. The molecule has 3 aliphatic carbocycles. The van der Waals surface area contributed by atoms with Crippen LogP contribution in [0.4, 0.5) is 0 Å². The molecule has 3 nitrogen and oxygen atoms in total. The molecule has 0 fully saturated rings. The molecule has 0 saturated carbocycles. The molecule has 4 unspecified atom stereocenters. The molecule has 3 aromatic carbocycles. The van der Waals surface area contributed by atoms with Gasteiger partial charge in [-0.3, -0.25) is 0 Å². The third-order valence-electron chi connectivity index (χ3n) is 10.1. The standard InChI is InChI=1S/C40H41N3Si/c1-42-40-37-27-26-36(28-38(37)43(39(40)29-41)32-16-8-3-9-17-32)44(33-18-10-4-11-19-33,34-20-12-5-13-21-34)35-24-22-31(23-25-35)30-14-6-2-7-15-30/h2-8,10-12,14-16,18-20,22-27,29,36-38,41-42H,9,13,17,21,28H2,1H3. The first-order chi connectivity index (χ1) is 21.8. The molecular weight excluding hydrogens is 551 g/mol. The molecule has 0 amide bonds. The van der Waals surface area contributed by atoms with Crippen LogP contribution >= 0.6 is 0 Å². The van der Waals surface area contributed by atoms with Crippen LogP contribution in [0.5, 0.6) is 0 Å². The van der Waals surface area contributed by atoms with E-state index in [0.29, 0.717) is 5.54 Å². The topological polar surface area (TPSA) is 39.1 Å². The minimum atomic E-state index is -2.51. The van der Waals surface area contributed by atoms with E-state index in [1.165, 1.54) is 32.9 Å². The molecule has 0 spiro atoms. The third-order valence-corrected chi connectivity index (χ3v) is 15.6. The summed E-state index contributed by atoms with van der Waals surface area (Å²) in [7, 11) is -0.488. The lowest BCUT2D eigenvalue weighted by atomic mass is 9.89. The summed E-state index contributed by atoms with van der Waals surface area (Å²) in [4.78, 5) is 2.52. The zero-order valence-corrected chi connectivity index (χ0v) is 26.5. The Balaban J connectivity index is 1.40. The summed E-state index contributed by atoms with van der Waals surface area (Å²) in [6.07, 6.45) is 25.7. The van der Waals surface area contributed by atoms with Crippen molar-refractivity contribution >= 4 is 24.7 Å². The van der Waals surface area contributed by atoms with Crippen LogP contribution in [-0.2, 0) is 0 Å². The van der Waals surface area contributed by atoms with Gasteiger partial charge in [0, 0.05) is 36.6 Å². The maximum absolute atomic E-state index is 8.49. The van der Waals surface area contributed by atoms with Crippen LogP contribution in [0, 0.1) is 11.3 Å². The highest BCUT2D eigenvalue weighted by molar-refractivity contribution is 7.08. The highest BCUT2D eigenvalue weighted by atomic mass is 28.3. The molecular formula is C40H41N3Si. The van der Waals surface area contributed by atoms with E-state index >= 15 is 0 Å². The average molecular weight is 592 g/mol. The van der Waals surface area contributed by atoms with Crippen LogP contribution in [0.3, 0.4) is 0 Å². The Morgan fingerprint density at radius 3 is 2.07 bits per heavy atom. The lowest BCUT2D eigenvalue weighted by molar-refractivity contribution is 0.287. The van der Waals surface area contributed by atoms with Crippen molar-refractivity contribution in [3.05, 3.63) is 156 Å². The lowest BCUT2D eigenvalue weighted by Gasteiger charge is -2.46. The Morgan fingerprint density at radius 1 is 0.773 bits per heavy atom. The molecule has 0 aromatic heterocycles. The molecule has 44 heavy (non-hydrogen) atoms. The zero-order valence-electron chi connectivity index (χ0n) is 25.5. The predicted octanol–water partition coefficient (Wildman–Crippen LogP) is 7.68. The van der Waals surface area contributed by atoms with E-state index in [1.807, 2.05) is 7.05 Å². The maximum Gasteiger partial charge on any atom is 0.151 e. The average Bonchev–Trinajstić information content (AvgIpc) is 3.43. The molecule has 220 valence electrons. The van der Waals surface area contributed by atoms with Gasteiger partial charge in [-0.15, -0.1) is 0 Å². The summed E-state index contributed by atoms with van der Waals surface area (Å²) < 4.78 is 0. The van der Waals surface area contributed by atoms with Gasteiger partial charge in [0.1, 0.15) is 0 Å². The molecule has 1 heterocycles. The van der Waals surface area contributed by atoms with Crippen LogP contribution in [0.1, 0.15) is 32.1 Å². The molecule has 7 rings (SSSR count). The van der Waals surface area contributed by atoms with Crippen molar-refractivity contribution < 1.29 is 0 Å². The lowest BCUT2D eigenvalue weighted by Crippen LogP contribution is -2.64. The van der Waals surface area contributed by atoms with Crippen molar-refractivity contribution in [2.75, 3.05) is 7.05 Å². The number of nitrogens with zero attached hydrogens (tertiary/aromatic N) is 1. The van der Waals surface area contributed by atoms with E-state index in [-0.39, 0.29) is 12.0 Å². The van der Waals surface area contributed by atoms with E-state index in [1.54, 1.807) is 11.4 Å². The van der Waals surface area contributed by atoms with Crippen molar-refractivity contribution in [1.29, 1.82) is 5.41 Å². The second kappa shape index (κ2) is 12.3. The number of allylic oxidation sites excluding steroid dienone is 10. The van der Waals surface area contributed by atoms with Gasteiger partial charge in [-0.25, -0.2) is 0 Å². The van der Waals surface area contributed by atoms with E-state index in [2.05, 4.69) is 144 Å². The van der Waals surface area contributed by atoms with Gasteiger partial charge < -0.3 is 15.6 Å². The van der Waals surface area contributed by atoms with Crippen molar-refractivity contribution in [3.63, 3.8) is 0 Å². The smallest absolute Gasteiger partial charge is 0.151 e. The normalized spacial score (nSPS) is 23.9. The van der Waals surface area contributed by atoms with E-state index in [4.69, 9.17) is 5.41 Å². The van der Waals surface area contributed by atoms with Gasteiger partial charge in [0.2, 0.25) is 0 Å². The summed E-state index contributed by atoms with van der Waals surface area (Å²) >= 11 is 0. The van der Waals surface area contributed by atoms with Gasteiger partial charge in [-0.05, 0) is 65.2 Å². The number of benzene rings is 3. The van der Waals surface area contributed by atoms with Crippen LogP contribution in [0.2, 0.25) is 5.54 Å². The first-order valence-corrected chi connectivity index (χ1v) is 18.2. The van der Waals surface area contributed by atoms with Crippen LogP contribution in [0.15, 0.2) is 156 Å². The Kier molecular flexibility index (Phi) is 7.93. The summed E-state index contributed by atoms with van der Waals surface area (Å²) in [5.74, 6) is 0.253. The number of hydrogen-bond donors (Lipinski definition) is 2. The van der Waals surface area contributed by atoms with Gasteiger partial charge in [0.25, 0.3) is 0 Å². The van der Waals surface area contributed by atoms with Crippen molar-refractivity contribution in [2.45, 2.75) is 43.7 Å². The fourth-order valence-electron chi connectivity index (χ4n) is 8.21. The number of fused-ring (bicyclic) bond motifs is 1. The Bertz CT molecular complexity index is 1690. The van der Waals surface area contributed by atoms with Gasteiger partial charge in [0.15, 0.2) is 8.07 Å². The number of nitrogens with one attached hydrogen (secondary N) is 2. The Labute approximate surface area is 263 Å². The molecule has 1 aliphatic heterocycles. The fourth-order valence-corrected chi connectivity index (χ4v) is 13.9. The molecule has 0 bridgehead atoms. The summed E-state index contributed by atoms with van der Waals surface area (Å²) in [6.45, 7) is 0. The summed E-state index contributed by atoms with van der Waals surface area (Å²) in [5, 5.41) is 16.6. The molecule has 4 atom stereocenters. The number of rotatable bonds is 8.